The van der Waals surface area contributed by atoms with E-state index in [0.29, 0.717) is 12.1 Å². The summed E-state index contributed by atoms with van der Waals surface area (Å²) in [6.45, 7) is 6.82. The Morgan fingerprint density at radius 1 is 1.24 bits per heavy atom. The third-order valence-corrected chi connectivity index (χ3v) is 4.10. The molecule has 2 rings (SSSR count). The van der Waals surface area contributed by atoms with E-state index in [9.17, 15) is 0 Å². The van der Waals surface area contributed by atoms with Crippen LogP contribution in [0.3, 0.4) is 0 Å². The minimum atomic E-state index is 0.275. The zero-order chi connectivity index (χ0) is 12.5. The van der Waals surface area contributed by atoms with Crippen molar-refractivity contribution in [1.29, 1.82) is 0 Å². The summed E-state index contributed by atoms with van der Waals surface area (Å²) in [6.07, 6.45) is 3.36. The molecule has 0 bridgehead atoms. The van der Waals surface area contributed by atoms with Gasteiger partial charge in [0, 0.05) is 17.8 Å². The fourth-order valence-electron chi connectivity index (χ4n) is 2.24. The smallest absolute Gasteiger partial charge is 0.0342 e. The summed E-state index contributed by atoms with van der Waals surface area (Å²) < 4.78 is 0. The first-order valence-corrected chi connectivity index (χ1v) is 6.64. The van der Waals surface area contributed by atoms with E-state index in [-0.39, 0.29) is 5.41 Å². The molecule has 0 aromatic heterocycles. The van der Waals surface area contributed by atoms with Crippen LogP contribution < -0.4 is 11.1 Å². The van der Waals surface area contributed by atoms with Gasteiger partial charge in [0.05, 0.1) is 0 Å². The fraction of sp³-hybridized carbons (Fsp3) is 0.600. The predicted molar refractivity (Wildman–Crippen MR) is 74.4 cm³/mol. The fourth-order valence-corrected chi connectivity index (χ4v) is 2.24. The van der Waals surface area contributed by atoms with E-state index < -0.39 is 0 Å². The number of anilines is 1. The summed E-state index contributed by atoms with van der Waals surface area (Å²) in [6, 6.07) is 9.85. The molecular weight excluding hydrogens is 208 g/mol. The Morgan fingerprint density at radius 3 is 2.29 bits per heavy atom. The van der Waals surface area contributed by atoms with Crippen molar-refractivity contribution in [2.24, 2.45) is 5.73 Å². The maximum Gasteiger partial charge on any atom is 0.0342 e. The van der Waals surface area contributed by atoms with Crippen LogP contribution in [0.15, 0.2) is 24.3 Å². The summed E-state index contributed by atoms with van der Waals surface area (Å²) in [4.78, 5) is 0. The summed E-state index contributed by atoms with van der Waals surface area (Å²) in [5, 5.41) is 3.53. The second-order valence-corrected chi connectivity index (χ2v) is 5.89. The second-order valence-electron chi connectivity index (χ2n) is 5.89. The molecule has 2 nitrogen and oxygen atoms in total. The first-order chi connectivity index (χ1) is 8.01. The van der Waals surface area contributed by atoms with Gasteiger partial charge >= 0.3 is 0 Å². The summed E-state index contributed by atoms with van der Waals surface area (Å²) in [5.41, 5.74) is 8.69. The molecule has 0 heterocycles. The first kappa shape index (κ1) is 12.4. The molecule has 1 aliphatic carbocycles. The molecule has 1 aromatic rings. The number of hydrogen-bond donors (Lipinski definition) is 2. The van der Waals surface area contributed by atoms with Crippen molar-refractivity contribution in [3.8, 4) is 0 Å². The monoisotopic (exact) mass is 232 g/mol. The average molecular weight is 232 g/mol. The molecule has 1 aromatic carbocycles. The second kappa shape index (κ2) is 4.69. The minimum absolute atomic E-state index is 0.275. The van der Waals surface area contributed by atoms with Crippen LogP contribution >= 0.6 is 0 Å². The molecule has 0 unspecified atom stereocenters. The molecule has 0 radical (unpaired) electrons. The van der Waals surface area contributed by atoms with E-state index in [4.69, 9.17) is 5.73 Å². The maximum atomic E-state index is 5.78. The van der Waals surface area contributed by atoms with E-state index in [1.54, 1.807) is 0 Å². The molecule has 1 saturated carbocycles. The quantitative estimate of drug-likeness (QED) is 0.836. The summed E-state index contributed by atoms with van der Waals surface area (Å²) in [5.74, 6) is 0. The van der Waals surface area contributed by atoms with E-state index >= 15 is 0 Å². The molecule has 1 aliphatic rings. The topological polar surface area (TPSA) is 38.0 Å². The molecule has 0 amide bonds. The van der Waals surface area contributed by atoms with Crippen LogP contribution in [0.5, 0.6) is 0 Å². The van der Waals surface area contributed by atoms with Crippen molar-refractivity contribution in [3.05, 3.63) is 29.8 Å². The van der Waals surface area contributed by atoms with Crippen LogP contribution in [0.1, 0.15) is 45.6 Å². The predicted octanol–water partition coefficient (Wildman–Crippen LogP) is 3.28. The number of rotatable bonds is 4. The standard InChI is InChI=1S/C15H24N2/c1-4-15(2,3)11-5-7-13(8-6-11)17-14-9-12(16)10-14/h5-8,12,14,17H,4,9-10,16H2,1-3H3. The lowest BCUT2D eigenvalue weighted by molar-refractivity contribution is 0.373. The third kappa shape index (κ3) is 2.81. The average Bonchev–Trinajstić information content (AvgIpc) is 2.28. The number of nitrogens with one attached hydrogen (secondary N) is 1. The lowest BCUT2D eigenvalue weighted by Crippen LogP contribution is -2.44. The van der Waals surface area contributed by atoms with Crippen molar-refractivity contribution in [2.45, 2.75) is 57.5 Å². The van der Waals surface area contributed by atoms with Gasteiger partial charge in [0.2, 0.25) is 0 Å². The minimum Gasteiger partial charge on any atom is -0.382 e. The van der Waals surface area contributed by atoms with Crippen molar-refractivity contribution in [2.75, 3.05) is 5.32 Å². The van der Waals surface area contributed by atoms with Crippen molar-refractivity contribution in [1.82, 2.24) is 0 Å². The summed E-state index contributed by atoms with van der Waals surface area (Å²) in [7, 11) is 0. The van der Waals surface area contributed by atoms with Gasteiger partial charge in [0.25, 0.3) is 0 Å². The highest BCUT2D eigenvalue weighted by molar-refractivity contribution is 5.47. The van der Waals surface area contributed by atoms with Gasteiger partial charge < -0.3 is 11.1 Å². The van der Waals surface area contributed by atoms with Crippen molar-refractivity contribution >= 4 is 5.69 Å². The van der Waals surface area contributed by atoms with Gasteiger partial charge in [-0.2, -0.15) is 0 Å². The van der Waals surface area contributed by atoms with Crippen LogP contribution in [0.2, 0.25) is 0 Å². The first-order valence-electron chi connectivity index (χ1n) is 6.64. The highest BCUT2D eigenvalue weighted by Gasteiger charge is 2.25. The van der Waals surface area contributed by atoms with Gasteiger partial charge in [-0.05, 0) is 42.4 Å². The highest BCUT2D eigenvalue weighted by atomic mass is 15.0. The Hall–Kier alpha value is -1.02. The van der Waals surface area contributed by atoms with Gasteiger partial charge in [-0.3, -0.25) is 0 Å². The molecule has 0 aliphatic heterocycles. The van der Waals surface area contributed by atoms with Crippen LogP contribution in [0.4, 0.5) is 5.69 Å². The van der Waals surface area contributed by atoms with Crippen LogP contribution in [0.25, 0.3) is 0 Å². The normalized spacial score (nSPS) is 24.2. The van der Waals surface area contributed by atoms with Gasteiger partial charge in [-0.15, -0.1) is 0 Å². The molecule has 0 atom stereocenters. The third-order valence-electron chi connectivity index (χ3n) is 4.10. The molecular formula is C15H24N2. The van der Waals surface area contributed by atoms with Crippen LogP contribution in [-0.4, -0.2) is 12.1 Å². The zero-order valence-electron chi connectivity index (χ0n) is 11.2. The van der Waals surface area contributed by atoms with Gasteiger partial charge in [0.15, 0.2) is 0 Å². The molecule has 0 spiro atoms. The van der Waals surface area contributed by atoms with Crippen molar-refractivity contribution in [3.63, 3.8) is 0 Å². The lowest BCUT2D eigenvalue weighted by Gasteiger charge is -2.34. The number of nitrogens with two attached hydrogens (primary N) is 1. The lowest BCUT2D eigenvalue weighted by atomic mass is 9.82. The van der Waals surface area contributed by atoms with Crippen LogP contribution in [0, 0.1) is 0 Å². The Bertz CT molecular complexity index is 361. The van der Waals surface area contributed by atoms with Crippen LogP contribution in [-0.2, 0) is 5.41 Å². The van der Waals surface area contributed by atoms with Crippen molar-refractivity contribution < 1.29 is 0 Å². The number of benzene rings is 1. The van der Waals surface area contributed by atoms with Gasteiger partial charge in [-0.25, -0.2) is 0 Å². The zero-order valence-corrected chi connectivity index (χ0v) is 11.2. The Balaban J connectivity index is 1.98. The Labute approximate surface area is 105 Å². The molecule has 0 saturated heterocycles. The van der Waals surface area contributed by atoms with Gasteiger partial charge in [-0.1, -0.05) is 32.9 Å². The summed E-state index contributed by atoms with van der Waals surface area (Å²) >= 11 is 0. The van der Waals surface area contributed by atoms with Gasteiger partial charge in [0.1, 0.15) is 0 Å². The SMILES string of the molecule is CCC(C)(C)c1ccc(NC2CC(N)C2)cc1. The molecule has 3 N–H and O–H groups in total. The highest BCUT2D eigenvalue weighted by Crippen LogP contribution is 2.28. The van der Waals surface area contributed by atoms with E-state index in [1.807, 2.05) is 0 Å². The maximum absolute atomic E-state index is 5.78. The molecule has 1 fully saturated rings. The van der Waals surface area contributed by atoms with E-state index in [2.05, 4.69) is 50.4 Å². The molecule has 17 heavy (non-hydrogen) atoms. The number of hydrogen-bond acceptors (Lipinski definition) is 2. The Morgan fingerprint density at radius 2 is 1.82 bits per heavy atom. The van der Waals surface area contributed by atoms with E-state index in [1.165, 1.54) is 11.3 Å². The molecule has 94 valence electrons. The van der Waals surface area contributed by atoms with E-state index in [0.717, 1.165) is 19.3 Å². The molecule has 2 heteroatoms. The Kier molecular flexibility index (Phi) is 3.43. The largest absolute Gasteiger partial charge is 0.382 e.